The smallest absolute Gasteiger partial charge is 0.226 e. The molecule has 0 saturated carbocycles. The number of amides is 1. The van der Waals surface area contributed by atoms with Crippen LogP contribution in [0.3, 0.4) is 0 Å². The van der Waals surface area contributed by atoms with Crippen LogP contribution in [0.15, 0.2) is 23.6 Å². The Morgan fingerprint density at radius 2 is 2.11 bits per heavy atom. The molecule has 0 saturated heterocycles. The van der Waals surface area contributed by atoms with Crippen LogP contribution in [0.2, 0.25) is 0 Å². The van der Waals surface area contributed by atoms with Gasteiger partial charge in [0, 0.05) is 11.9 Å². The molecule has 3 nitrogen and oxygen atoms in total. The number of aryl methyl sites for hydroxylation is 3. The number of thiazole rings is 1. The molecule has 1 aromatic carbocycles. The van der Waals surface area contributed by atoms with Crippen LogP contribution in [0.5, 0.6) is 0 Å². The van der Waals surface area contributed by atoms with E-state index in [2.05, 4.69) is 42.3 Å². The normalized spacial score (nSPS) is 10.5. The molecule has 2 aromatic rings. The van der Waals surface area contributed by atoms with Gasteiger partial charge >= 0.3 is 0 Å². The molecule has 100 valence electrons. The van der Waals surface area contributed by atoms with Gasteiger partial charge in [-0.05, 0) is 31.9 Å². The van der Waals surface area contributed by atoms with Crippen molar-refractivity contribution in [3.63, 3.8) is 0 Å². The van der Waals surface area contributed by atoms with E-state index in [9.17, 15) is 4.79 Å². The number of carbonyl (C=O) groups excluding carboxylic acids is 1. The summed E-state index contributed by atoms with van der Waals surface area (Å²) >= 11 is 1.57. The number of nitrogens with zero attached hydrogens (tertiary/aromatic N) is 1. The van der Waals surface area contributed by atoms with E-state index < -0.39 is 0 Å². The number of nitrogens with one attached hydrogen (secondary N) is 1. The molecule has 2 rings (SSSR count). The SMILES string of the molecule is Cc1ccc(CNC(=O)Cc2csc(C)n2)c(C)c1. The zero-order valence-corrected chi connectivity index (χ0v) is 12.3. The molecule has 1 aromatic heterocycles. The third-order valence-corrected chi connectivity index (χ3v) is 3.80. The molecule has 0 radical (unpaired) electrons. The third-order valence-electron chi connectivity index (χ3n) is 2.98. The summed E-state index contributed by atoms with van der Waals surface area (Å²) in [4.78, 5) is 16.1. The van der Waals surface area contributed by atoms with E-state index in [1.807, 2.05) is 12.3 Å². The topological polar surface area (TPSA) is 42.0 Å². The molecule has 0 spiro atoms. The van der Waals surface area contributed by atoms with Gasteiger partial charge in [-0.1, -0.05) is 23.8 Å². The molecule has 0 aliphatic carbocycles. The molecule has 0 unspecified atom stereocenters. The van der Waals surface area contributed by atoms with Crippen molar-refractivity contribution in [3.8, 4) is 0 Å². The summed E-state index contributed by atoms with van der Waals surface area (Å²) in [5.74, 6) is 0.0188. The molecule has 0 bridgehead atoms. The second-order valence-corrected chi connectivity index (χ2v) is 5.80. The first-order chi connectivity index (χ1) is 9.04. The van der Waals surface area contributed by atoms with Crippen molar-refractivity contribution in [1.82, 2.24) is 10.3 Å². The van der Waals surface area contributed by atoms with Crippen LogP contribution in [-0.4, -0.2) is 10.9 Å². The fraction of sp³-hybridized carbons (Fsp3) is 0.333. The average Bonchev–Trinajstić information content (AvgIpc) is 2.73. The molecule has 1 N–H and O–H groups in total. The largest absolute Gasteiger partial charge is 0.352 e. The quantitative estimate of drug-likeness (QED) is 0.931. The highest BCUT2D eigenvalue weighted by Crippen LogP contribution is 2.11. The van der Waals surface area contributed by atoms with Gasteiger partial charge in [0.05, 0.1) is 17.1 Å². The Morgan fingerprint density at radius 1 is 1.32 bits per heavy atom. The van der Waals surface area contributed by atoms with Gasteiger partial charge in [-0.15, -0.1) is 11.3 Å². The first-order valence-corrected chi connectivity index (χ1v) is 7.16. The van der Waals surface area contributed by atoms with Crippen molar-refractivity contribution in [1.29, 1.82) is 0 Å². The van der Waals surface area contributed by atoms with Crippen LogP contribution >= 0.6 is 11.3 Å². The average molecular weight is 274 g/mol. The summed E-state index contributed by atoms with van der Waals surface area (Å²) < 4.78 is 0. The molecule has 0 aliphatic heterocycles. The van der Waals surface area contributed by atoms with Gasteiger partial charge in [-0.3, -0.25) is 4.79 Å². The lowest BCUT2D eigenvalue weighted by molar-refractivity contribution is -0.120. The van der Waals surface area contributed by atoms with Gasteiger partial charge in [0.25, 0.3) is 0 Å². The van der Waals surface area contributed by atoms with Gasteiger partial charge in [-0.2, -0.15) is 0 Å². The van der Waals surface area contributed by atoms with Crippen molar-refractivity contribution in [3.05, 3.63) is 51.0 Å². The minimum atomic E-state index is 0.0188. The Kier molecular flexibility index (Phi) is 4.32. The van der Waals surface area contributed by atoms with E-state index in [1.54, 1.807) is 11.3 Å². The molecular weight excluding hydrogens is 256 g/mol. The van der Waals surface area contributed by atoms with Gasteiger partial charge in [0.15, 0.2) is 0 Å². The summed E-state index contributed by atoms with van der Waals surface area (Å²) in [5.41, 5.74) is 4.46. The van der Waals surface area contributed by atoms with Crippen molar-refractivity contribution >= 4 is 17.2 Å². The lowest BCUT2D eigenvalue weighted by atomic mass is 10.1. The Hall–Kier alpha value is -1.68. The standard InChI is InChI=1S/C15H18N2OS/c1-10-4-5-13(11(2)6-10)8-16-15(18)7-14-9-19-12(3)17-14/h4-6,9H,7-8H2,1-3H3,(H,16,18). The highest BCUT2D eigenvalue weighted by atomic mass is 32.1. The Labute approximate surface area is 117 Å². The first-order valence-electron chi connectivity index (χ1n) is 6.28. The van der Waals surface area contributed by atoms with Crippen LogP contribution in [0, 0.1) is 20.8 Å². The number of hydrogen-bond donors (Lipinski definition) is 1. The molecule has 1 amide bonds. The summed E-state index contributed by atoms with van der Waals surface area (Å²) in [6, 6.07) is 6.27. The maximum Gasteiger partial charge on any atom is 0.226 e. The van der Waals surface area contributed by atoms with Gasteiger partial charge in [0.2, 0.25) is 5.91 Å². The molecule has 19 heavy (non-hydrogen) atoms. The zero-order chi connectivity index (χ0) is 13.8. The fourth-order valence-corrected chi connectivity index (χ4v) is 2.57. The highest BCUT2D eigenvalue weighted by molar-refractivity contribution is 7.09. The number of carbonyl (C=O) groups is 1. The Balaban J connectivity index is 1.89. The van der Waals surface area contributed by atoms with E-state index in [4.69, 9.17) is 0 Å². The monoisotopic (exact) mass is 274 g/mol. The maximum atomic E-state index is 11.8. The Bertz CT molecular complexity index is 590. The van der Waals surface area contributed by atoms with E-state index in [0.29, 0.717) is 13.0 Å². The molecule has 1 heterocycles. The number of rotatable bonds is 4. The molecule has 0 atom stereocenters. The van der Waals surface area contributed by atoms with Crippen LogP contribution in [0.25, 0.3) is 0 Å². The van der Waals surface area contributed by atoms with Crippen molar-refractivity contribution in [2.45, 2.75) is 33.7 Å². The lowest BCUT2D eigenvalue weighted by Gasteiger charge is -2.08. The van der Waals surface area contributed by atoms with Crippen molar-refractivity contribution < 1.29 is 4.79 Å². The highest BCUT2D eigenvalue weighted by Gasteiger charge is 2.07. The van der Waals surface area contributed by atoms with E-state index in [-0.39, 0.29) is 5.91 Å². The first kappa shape index (κ1) is 13.7. The lowest BCUT2D eigenvalue weighted by Crippen LogP contribution is -2.25. The predicted molar refractivity (Wildman–Crippen MR) is 78.3 cm³/mol. The minimum Gasteiger partial charge on any atom is -0.352 e. The molecule has 0 aliphatic rings. The third kappa shape index (κ3) is 3.89. The van der Waals surface area contributed by atoms with Crippen molar-refractivity contribution in [2.75, 3.05) is 0 Å². The summed E-state index contributed by atoms with van der Waals surface area (Å²) in [5, 5.41) is 5.88. The van der Waals surface area contributed by atoms with Gasteiger partial charge < -0.3 is 5.32 Å². The summed E-state index contributed by atoms with van der Waals surface area (Å²) in [6.07, 6.45) is 0.356. The number of hydrogen-bond acceptors (Lipinski definition) is 3. The predicted octanol–water partition coefficient (Wildman–Crippen LogP) is 2.93. The van der Waals surface area contributed by atoms with E-state index in [1.165, 1.54) is 11.1 Å². The van der Waals surface area contributed by atoms with Crippen LogP contribution in [0.1, 0.15) is 27.4 Å². The second kappa shape index (κ2) is 5.97. The fourth-order valence-electron chi connectivity index (χ4n) is 1.95. The van der Waals surface area contributed by atoms with Crippen LogP contribution in [0.4, 0.5) is 0 Å². The Morgan fingerprint density at radius 3 is 2.74 bits per heavy atom. The molecular formula is C15H18N2OS. The van der Waals surface area contributed by atoms with Crippen LogP contribution < -0.4 is 5.32 Å². The van der Waals surface area contributed by atoms with E-state index in [0.717, 1.165) is 16.3 Å². The van der Waals surface area contributed by atoms with Gasteiger partial charge in [-0.25, -0.2) is 4.98 Å². The summed E-state index contributed by atoms with van der Waals surface area (Å²) in [6.45, 7) is 6.66. The number of aromatic nitrogens is 1. The second-order valence-electron chi connectivity index (χ2n) is 4.74. The molecule has 0 fully saturated rings. The zero-order valence-electron chi connectivity index (χ0n) is 11.5. The molecule has 4 heteroatoms. The summed E-state index contributed by atoms with van der Waals surface area (Å²) in [7, 11) is 0. The number of benzene rings is 1. The van der Waals surface area contributed by atoms with Crippen molar-refractivity contribution in [2.24, 2.45) is 0 Å². The minimum absolute atomic E-state index is 0.0188. The van der Waals surface area contributed by atoms with E-state index >= 15 is 0 Å². The van der Waals surface area contributed by atoms with Crippen LogP contribution in [-0.2, 0) is 17.8 Å². The van der Waals surface area contributed by atoms with Gasteiger partial charge in [0.1, 0.15) is 0 Å². The maximum absolute atomic E-state index is 11.8.